The van der Waals surface area contributed by atoms with Crippen LogP contribution in [0.3, 0.4) is 0 Å². The van der Waals surface area contributed by atoms with E-state index in [-0.39, 0.29) is 63.9 Å². The van der Waals surface area contributed by atoms with E-state index >= 15 is 0 Å². The first-order chi connectivity index (χ1) is 17.5. The first kappa shape index (κ1) is 40.6. The van der Waals surface area contributed by atoms with Gasteiger partial charge in [-0.3, -0.25) is 4.18 Å². The first-order valence-electron chi connectivity index (χ1n) is 16.1. The van der Waals surface area contributed by atoms with Crippen LogP contribution in [0.5, 0.6) is 0 Å². The topological polar surface area (TPSA) is 66.4 Å². The maximum Gasteiger partial charge on any atom is 1.00 e. The molecule has 0 aliphatic heterocycles. The molecule has 0 amide bonds. The van der Waals surface area contributed by atoms with Gasteiger partial charge in [-0.15, -0.1) is 0 Å². The molecule has 1 atom stereocenters. The van der Waals surface area contributed by atoms with Crippen molar-refractivity contribution in [3.63, 3.8) is 0 Å². The van der Waals surface area contributed by atoms with Crippen LogP contribution >= 0.6 is 0 Å². The number of hydrogen-bond donors (Lipinski definition) is 0. The standard InChI is InChI=1S/C31H64O4S.K/c1-3-5-7-9-11-12-13-14-15-16-17-18-19-20-21-23-25-27-29-31(30-35-36(32,33)34)28-26-24-22-10-8-6-4-2;/h31H,3-30H2,1-2H3,(H,32,33,34);/q;+1/p-1. The summed E-state index contributed by atoms with van der Waals surface area (Å²) in [5.74, 6) is 0.199. The van der Waals surface area contributed by atoms with Gasteiger partial charge in [-0.25, -0.2) is 8.42 Å². The molecule has 6 heteroatoms. The van der Waals surface area contributed by atoms with E-state index in [4.69, 9.17) is 0 Å². The zero-order valence-electron chi connectivity index (χ0n) is 25.4. The Balaban J connectivity index is 0. The summed E-state index contributed by atoms with van der Waals surface area (Å²) in [6.07, 6.45) is 35.3. The Hall–Kier alpha value is 1.51. The minimum absolute atomic E-state index is 0. The zero-order valence-corrected chi connectivity index (χ0v) is 29.4. The summed E-state index contributed by atoms with van der Waals surface area (Å²) in [5.41, 5.74) is 0. The van der Waals surface area contributed by atoms with Crippen molar-refractivity contribution in [2.45, 2.75) is 187 Å². The van der Waals surface area contributed by atoms with Crippen LogP contribution in [0.4, 0.5) is 0 Å². The van der Waals surface area contributed by atoms with E-state index < -0.39 is 10.4 Å². The van der Waals surface area contributed by atoms with Crippen LogP contribution in [-0.2, 0) is 14.6 Å². The summed E-state index contributed by atoms with van der Waals surface area (Å²) in [7, 11) is -4.58. The van der Waals surface area contributed by atoms with Gasteiger partial charge in [0.15, 0.2) is 0 Å². The second-order valence-corrected chi connectivity index (χ2v) is 12.3. The summed E-state index contributed by atoms with van der Waals surface area (Å²) in [6.45, 7) is 4.58. The molecule has 0 bridgehead atoms. The molecule has 0 aromatic carbocycles. The monoisotopic (exact) mass is 570 g/mol. The van der Waals surface area contributed by atoms with Crippen molar-refractivity contribution < 1.29 is 68.5 Å². The maximum atomic E-state index is 10.9. The van der Waals surface area contributed by atoms with Gasteiger partial charge in [0.25, 0.3) is 0 Å². The van der Waals surface area contributed by atoms with Gasteiger partial charge < -0.3 is 4.55 Å². The van der Waals surface area contributed by atoms with Gasteiger partial charge in [-0.2, -0.15) is 0 Å². The maximum absolute atomic E-state index is 10.9. The Morgan fingerprint density at radius 3 is 0.973 bits per heavy atom. The van der Waals surface area contributed by atoms with Gasteiger partial charge in [0.1, 0.15) is 0 Å². The van der Waals surface area contributed by atoms with Crippen molar-refractivity contribution in [1.29, 1.82) is 0 Å². The van der Waals surface area contributed by atoms with E-state index in [0.29, 0.717) is 0 Å². The molecule has 0 aliphatic rings. The molecule has 0 aliphatic carbocycles. The molecule has 0 saturated heterocycles. The summed E-state index contributed by atoms with van der Waals surface area (Å²) >= 11 is 0. The summed E-state index contributed by atoms with van der Waals surface area (Å²) in [5, 5.41) is 0. The van der Waals surface area contributed by atoms with E-state index in [1.165, 1.54) is 148 Å². The average molecular weight is 571 g/mol. The van der Waals surface area contributed by atoms with Gasteiger partial charge in [-0.1, -0.05) is 174 Å². The van der Waals surface area contributed by atoms with Gasteiger partial charge in [0.2, 0.25) is 10.4 Å². The number of hydrogen-bond acceptors (Lipinski definition) is 4. The first-order valence-corrected chi connectivity index (χ1v) is 17.4. The fraction of sp³-hybridized carbons (Fsp3) is 1.00. The Labute approximate surface area is 276 Å². The molecule has 0 radical (unpaired) electrons. The van der Waals surface area contributed by atoms with Crippen LogP contribution in [0, 0.1) is 5.92 Å². The van der Waals surface area contributed by atoms with Gasteiger partial charge in [-0.05, 0) is 18.8 Å². The Morgan fingerprint density at radius 1 is 0.486 bits per heavy atom. The largest absolute Gasteiger partial charge is 1.00 e. The molecule has 0 aromatic rings. The molecule has 218 valence electrons. The third kappa shape index (κ3) is 35.5. The van der Waals surface area contributed by atoms with E-state index in [0.717, 1.165) is 25.7 Å². The summed E-state index contributed by atoms with van der Waals surface area (Å²) < 4.78 is 37.2. The van der Waals surface area contributed by atoms with Crippen molar-refractivity contribution >= 4 is 10.4 Å². The van der Waals surface area contributed by atoms with Crippen LogP contribution in [0.25, 0.3) is 0 Å². The van der Waals surface area contributed by atoms with Crippen molar-refractivity contribution in [3.05, 3.63) is 0 Å². The molecular weight excluding hydrogens is 508 g/mol. The van der Waals surface area contributed by atoms with E-state index in [9.17, 15) is 13.0 Å². The molecule has 0 rings (SSSR count). The second kappa shape index (κ2) is 32.0. The smallest absolute Gasteiger partial charge is 0.726 e. The SMILES string of the molecule is CCCCCCCCCCCCCCCCCCCCC(CCCCCCCCC)COS(=O)(=O)[O-].[K+]. The van der Waals surface area contributed by atoms with Crippen LogP contribution in [0.2, 0.25) is 0 Å². The van der Waals surface area contributed by atoms with Crippen LogP contribution in [-0.4, -0.2) is 19.6 Å². The van der Waals surface area contributed by atoms with Crippen LogP contribution < -0.4 is 51.4 Å². The molecule has 0 saturated carbocycles. The third-order valence-corrected chi connectivity index (χ3v) is 8.05. The predicted octanol–water partition coefficient (Wildman–Crippen LogP) is 7.66. The minimum Gasteiger partial charge on any atom is -0.726 e. The second-order valence-electron chi connectivity index (χ2n) is 11.3. The van der Waals surface area contributed by atoms with Gasteiger partial charge in [0.05, 0.1) is 6.61 Å². The molecule has 0 fully saturated rings. The van der Waals surface area contributed by atoms with E-state index in [1.54, 1.807) is 0 Å². The zero-order chi connectivity index (χ0) is 26.6. The van der Waals surface area contributed by atoms with Crippen molar-refractivity contribution in [3.8, 4) is 0 Å². The van der Waals surface area contributed by atoms with E-state index in [2.05, 4.69) is 18.0 Å². The molecule has 0 aromatic heterocycles. The Morgan fingerprint density at radius 2 is 0.730 bits per heavy atom. The van der Waals surface area contributed by atoms with Crippen molar-refractivity contribution in [2.24, 2.45) is 5.92 Å². The predicted molar refractivity (Wildman–Crippen MR) is 155 cm³/mol. The van der Waals surface area contributed by atoms with Crippen molar-refractivity contribution in [2.75, 3.05) is 6.61 Å². The molecular formula is C31H63KO4S. The molecule has 37 heavy (non-hydrogen) atoms. The van der Waals surface area contributed by atoms with Crippen molar-refractivity contribution in [1.82, 2.24) is 0 Å². The number of rotatable bonds is 30. The van der Waals surface area contributed by atoms with E-state index in [1.807, 2.05) is 0 Å². The number of unbranched alkanes of at least 4 members (excludes halogenated alkanes) is 23. The van der Waals surface area contributed by atoms with Gasteiger partial charge >= 0.3 is 51.4 Å². The quantitative estimate of drug-likeness (QED) is 0.0385. The summed E-state index contributed by atoms with van der Waals surface area (Å²) in [6, 6.07) is 0. The molecule has 1 unspecified atom stereocenters. The molecule has 0 heterocycles. The fourth-order valence-corrected chi connectivity index (χ4v) is 5.57. The molecule has 0 N–H and O–H groups in total. The summed E-state index contributed by atoms with van der Waals surface area (Å²) in [4.78, 5) is 0. The Kier molecular flexibility index (Phi) is 35.2. The Bertz CT molecular complexity index is 527. The van der Waals surface area contributed by atoms with Crippen LogP contribution in [0.15, 0.2) is 0 Å². The molecule has 0 spiro atoms. The van der Waals surface area contributed by atoms with Crippen LogP contribution in [0.1, 0.15) is 187 Å². The fourth-order valence-electron chi connectivity index (χ4n) is 5.22. The third-order valence-electron chi connectivity index (χ3n) is 7.63. The normalized spacial score (nSPS) is 12.5. The minimum atomic E-state index is -4.58. The van der Waals surface area contributed by atoms with Gasteiger partial charge in [0, 0.05) is 0 Å². The average Bonchev–Trinajstić information content (AvgIpc) is 2.84. The molecule has 4 nitrogen and oxygen atoms in total.